The van der Waals surface area contributed by atoms with E-state index in [9.17, 15) is 18.0 Å². The van der Waals surface area contributed by atoms with Gasteiger partial charge in [-0.3, -0.25) is 9.59 Å². The average molecular weight is 408 g/mol. The highest BCUT2D eigenvalue weighted by Gasteiger charge is 2.23. The van der Waals surface area contributed by atoms with Gasteiger partial charge in [-0.2, -0.15) is 4.31 Å². The van der Waals surface area contributed by atoms with Crippen molar-refractivity contribution in [2.45, 2.75) is 16.7 Å². The number of nitrogens with zero attached hydrogens (tertiary/aromatic N) is 1. The first-order chi connectivity index (χ1) is 12.7. The summed E-state index contributed by atoms with van der Waals surface area (Å²) in [6.45, 7) is 1.05. The van der Waals surface area contributed by atoms with Crippen molar-refractivity contribution in [3.05, 3.63) is 48.5 Å². The Kier molecular flexibility index (Phi) is 7.00. The Balaban J connectivity index is 2.02. The lowest BCUT2D eigenvalue weighted by Gasteiger charge is -2.17. The van der Waals surface area contributed by atoms with E-state index in [4.69, 9.17) is 0 Å². The number of likely N-dealkylation sites (N-methyl/N-ethyl adjacent to an activating group) is 1. The Labute approximate surface area is 163 Å². The molecule has 27 heavy (non-hydrogen) atoms. The molecule has 2 amide bonds. The minimum atomic E-state index is -3.83. The number of benzene rings is 2. The van der Waals surface area contributed by atoms with E-state index in [2.05, 4.69) is 10.6 Å². The van der Waals surface area contributed by atoms with Gasteiger partial charge in [0, 0.05) is 30.2 Å². The van der Waals surface area contributed by atoms with Crippen LogP contribution in [-0.4, -0.2) is 44.4 Å². The quantitative estimate of drug-likeness (QED) is 0.688. The third-order valence-electron chi connectivity index (χ3n) is 3.62. The van der Waals surface area contributed by atoms with Gasteiger partial charge in [0.25, 0.3) is 0 Å². The molecule has 0 aliphatic heterocycles. The number of hydrogen-bond acceptors (Lipinski definition) is 5. The predicted octanol–water partition coefficient (Wildman–Crippen LogP) is 2.63. The molecule has 0 aliphatic carbocycles. The molecule has 0 unspecified atom stereocenters. The molecular formula is C18H21N3O4S2. The minimum absolute atomic E-state index is 0.0382. The van der Waals surface area contributed by atoms with Crippen LogP contribution in [0.5, 0.6) is 0 Å². The standard InChI is InChI=1S/C18H21N3O4S2/c1-13(22)19-14-6-10-17(11-7-14)27(24,25)21(2)12-18(23)20-15-4-8-16(26-3)9-5-15/h4-11H,12H2,1-3H3,(H,19,22)(H,20,23). The molecule has 2 rings (SSSR count). The number of anilines is 2. The molecule has 9 heteroatoms. The Bertz CT molecular complexity index is 911. The van der Waals surface area contributed by atoms with Crippen molar-refractivity contribution in [2.75, 3.05) is 30.5 Å². The Morgan fingerprint density at radius 2 is 1.48 bits per heavy atom. The monoisotopic (exact) mass is 407 g/mol. The number of thioether (sulfide) groups is 1. The topological polar surface area (TPSA) is 95.6 Å². The molecule has 144 valence electrons. The van der Waals surface area contributed by atoms with E-state index in [0.717, 1.165) is 9.20 Å². The highest BCUT2D eigenvalue weighted by molar-refractivity contribution is 7.98. The van der Waals surface area contributed by atoms with Crippen molar-refractivity contribution < 1.29 is 18.0 Å². The van der Waals surface area contributed by atoms with Crippen LogP contribution in [0.3, 0.4) is 0 Å². The molecular weight excluding hydrogens is 386 g/mol. The van der Waals surface area contributed by atoms with Gasteiger partial charge in [0.15, 0.2) is 0 Å². The molecule has 0 aliphatic rings. The second kappa shape index (κ2) is 9.03. The molecule has 0 bridgehead atoms. The summed E-state index contributed by atoms with van der Waals surface area (Å²) >= 11 is 1.59. The van der Waals surface area contributed by atoms with Crippen molar-refractivity contribution in [3.8, 4) is 0 Å². The molecule has 0 saturated heterocycles. The van der Waals surface area contributed by atoms with E-state index in [1.807, 2.05) is 18.4 Å². The number of sulfonamides is 1. The van der Waals surface area contributed by atoms with Crippen LogP contribution >= 0.6 is 11.8 Å². The molecule has 7 nitrogen and oxygen atoms in total. The second-order valence-electron chi connectivity index (χ2n) is 5.74. The lowest BCUT2D eigenvalue weighted by molar-refractivity contribution is -0.116. The van der Waals surface area contributed by atoms with E-state index in [0.29, 0.717) is 11.4 Å². The van der Waals surface area contributed by atoms with Crippen LogP contribution < -0.4 is 10.6 Å². The van der Waals surface area contributed by atoms with Crippen molar-refractivity contribution in [1.29, 1.82) is 0 Å². The van der Waals surface area contributed by atoms with Crippen molar-refractivity contribution in [3.63, 3.8) is 0 Å². The van der Waals surface area contributed by atoms with E-state index in [-0.39, 0.29) is 17.3 Å². The highest BCUT2D eigenvalue weighted by Crippen LogP contribution is 2.19. The zero-order chi connectivity index (χ0) is 20.0. The second-order valence-corrected chi connectivity index (χ2v) is 8.67. The third kappa shape index (κ3) is 5.81. The maximum atomic E-state index is 12.6. The lowest BCUT2D eigenvalue weighted by atomic mass is 10.3. The maximum absolute atomic E-state index is 12.6. The van der Waals surface area contributed by atoms with Gasteiger partial charge in [-0.25, -0.2) is 8.42 Å². The number of hydrogen-bond donors (Lipinski definition) is 2. The fraction of sp³-hybridized carbons (Fsp3) is 0.222. The Morgan fingerprint density at radius 3 is 2.00 bits per heavy atom. The first-order valence-electron chi connectivity index (χ1n) is 8.00. The smallest absolute Gasteiger partial charge is 0.243 e. The molecule has 2 aromatic rings. The van der Waals surface area contributed by atoms with Gasteiger partial charge in [-0.15, -0.1) is 11.8 Å². The van der Waals surface area contributed by atoms with Crippen LogP contribution in [0, 0.1) is 0 Å². The zero-order valence-corrected chi connectivity index (χ0v) is 16.9. The molecule has 2 aromatic carbocycles. The van der Waals surface area contributed by atoms with Gasteiger partial charge in [-0.1, -0.05) is 0 Å². The average Bonchev–Trinajstić information content (AvgIpc) is 2.62. The summed E-state index contributed by atoms with van der Waals surface area (Å²) in [5, 5.41) is 5.24. The number of carbonyl (C=O) groups is 2. The summed E-state index contributed by atoms with van der Waals surface area (Å²) < 4.78 is 26.2. The normalized spacial score (nSPS) is 11.3. The molecule has 0 heterocycles. The van der Waals surface area contributed by atoms with Crippen LogP contribution in [0.2, 0.25) is 0 Å². The van der Waals surface area contributed by atoms with Gasteiger partial charge >= 0.3 is 0 Å². The summed E-state index contributed by atoms with van der Waals surface area (Å²) in [7, 11) is -2.49. The largest absolute Gasteiger partial charge is 0.326 e. The first kappa shape index (κ1) is 20.9. The SMILES string of the molecule is CSc1ccc(NC(=O)CN(C)S(=O)(=O)c2ccc(NC(C)=O)cc2)cc1. The first-order valence-corrected chi connectivity index (χ1v) is 10.7. The van der Waals surface area contributed by atoms with Crippen molar-refractivity contribution >= 4 is 45.0 Å². The molecule has 0 atom stereocenters. The van der Waals surface area contributed by atoms with E-state index < -0.39 is 15.9 Å². The lowest BCUT2D eigenvalue weighted by Crippen LogP contribution is -2.34. The molecule has 0 aromatic heterocycles. The predicted molar refractivity (Wildman–Crippen MR) is 107 cm³/mol. The third-order valence-corrected chi connectivity index (χ3v) is 6.18. The molecule has 0 radical (unpaired) electrons. The Morgan fingerprint density at radius 1 is 0.963 bits per heavy atom. The van der Waals surface area contributed by atoms with E-state index >= 15 is 0 Å². The zero-order valence-electron chi connectivity index (χ0n) is 15.2. The Hall–Kier alpha value is -2.36. The summed E-state index contributed by atoms with van der Waals surface area (Å²) in [6, 6.07) is 13.0. The fourth-order valence-corrected chi connectivity index (χ4v) is 3.79. The van der Waals surface area contributed by atoms with Crippen molar-refractivity contribution in [1.82, 2.24) is 4.31 Å². The molecule has 2 N–H and O–H groups in total. The van der Waals surface area contributed by atoms with Gasteiger partial charge in [0.05, 0.1) is 11.4 Å². The number of carbonyl (C=O) groups excluding carboxylic acids is 2. The number of rotatable bonds is 7. The van der Waals surface area contributed by atoms with E-state index in [1.54, 1.807) is 23.9 Å². The van der Waals surface area contributed by atoms with Gasteiger partial charge in [-0.05, 0) is 54.8 Å². The van der Waals surface area contributed by atoms with Crippen LogP contribution in [-0.2, 0) is 19.6 Å². The van der Waals surface area contributed by atoms with Gasteiger partial charge in [0.2, 0.25) is 21.8 Å². The van der Waals surface area contributed by atoms with Crippen LogP contribution in [0.4, 0.5) is 11.4 Å². The number of nitrogens with one attached hydrogen (secondary N) is 2. The summed E-state index contributed by atoms with van der Waals surface area (Å²) in [5.41, 5.74) is 1.10. The molecule has 0 fully saturated rings. The van der Waals surface area contributed by atoms with Gasteiger partial charge < -0.3 is 10.6 Å². The van der Waals surface area contributed by atoms with Crippen LogP contribution in [0.15, 0.2) is 58.3 Å². The summed E-state index contributed by atoms with van der Waals surface area (Å²) in [4.78, 5) is 24.3. The summed E-state index contributed by atoms with van der Waals surface area (Å²) in [5.74, 6) is -0.683. The van der Waals surface area contributed by atoms with E-state index in [1.165, 1.54) is 38.2 Å². The van der Waals surface area contributed by atoms with Crippen LogP contribution in [0.1, 0.15) is 6.92 Å². The molecule has 0 saturated carbocycles. The minimum Gasteiger partial charge on any atom is -0.326 e. The molecule has 0 spiro atoms. The van der Waals surface area contributed by atoms with Crippen LogP contribution in [0.25, 0.3) is 0 Å². The maximum Gasteiger partial charge on any atom is 0.243 e. The van der Waals surface area contributed by atoms with Crippen molar-refractivity contribution in [2.24, 2.45) is 0 Å². The summed E-state index contributed by atoms with van der Waals surface area (Å²) in [6.07, 6.45) is 1.95. The highest BCUT2D eigenvalue weighted by atomic mass is 32.2. The number of amides is 2. The fourth-order valence-electron chi connectivity index (χ4n) is 2.26. The van der Waals surface area contributed by atoms with Gasteiger partial charge in [0.1, 0.15) is 0 Å².